The van der Waals surface area contributed by atoms with Gasteiger partial charge in [0.1, 0.15) is 5.75 Å². The van der Waals surface area contributed by atoms with Crippen molar-refractivity contribution in [3.05, 3.63) is 88.3 Å². The molecule has 0 fully saturated rings. The summed E-state index contributed by atoms with van der Waals surface area (Å²) in [5, 5.41) is 13.0. The van der Waals surface area contributed by atoms with Crippen molar-refractivity contribution in [3.8, 4) is 5.75 Å². The molecule has 2 aliphatic rings. The number of rotatable bonds is 5. The Morgan fingerprint density at radius 3 is 2.57 bits per heavy atom. The highest BCUT2D eigenvalue weighted by Crippen LogP contribution is 2.42. The highest BCUT2D eigenvalue weighted by atomic mass is 16.5. The van der Waals surface area contributed by atoms with Gasteiger partial charge >= 0.3 is 5.97 Å². The summed E-state index contributed by atoms with van der Waals surface area (Å²) in [6, 6.07) is 16.6. The molecule has 0 radical (unpaired) electrons. The van der Waals surface area contributed by atoms with E-state index < -0.39 is 11.9 Å². The Hall–Kier alpha value is -3.34. The van der Waals surface area contributed by atoms with Gasteiger partial charge < -0.3 is 15.2 Å². The minimum Gasteiger partial charge on any atom is -0.508 e. The Morgan fingerprint density at radius 2 is 1.83 bits per heavy atom. The summed E-state index contributed by atoms with van der Waals surface area (Å²) in [5.41, 5.74) is 4.61. The zero-order chi connectivity index (χ0) is 21.1. The molecular formula is C25H25NO4. The van der Waals surface area contributed by atoms with E-state index in [1.807, 2.05) is 37.3 Å². The summed E-state index contributed by atoms with van der Waals surface area (Å²) >= 11 is 0. The van der Waals surface area contributed by atoms with E-state index in [-0.39, 0.29) is 18.1 Å². The van der Waals surface area contributed by atoms with E-state index in [0.29, 0.717) is 29.7 Å². The van der Waals surface area contributed by atoms with Gasteiger partial charge in [-0.1, -0.05) is 42.5 Å². The van der Waals surface area contributed by atoms with Gasteiger partial charge in [-0.05, 0) is 43.0 Å². The number of esters is 1. The Balaban J connectivity index is 1.63. The highest BCUT2D eigenvalue weighted by Gasteiger charge is 2.39. The van der Waals surface area contributed by atoms with Crippen molar-refractivity contribution >= 4 is 11.8 Å². The van der Waals surface area contributed by atoms with Gasteiger partial charge in [-0.15, -0.1) is 0 Å². The van der Waals surface area contributed by atoms with Crippen molar-refractivity contribution in [3.63, 3.8) is 0 Å². The molecule has 0 amide bonds. The Bertz CT molecular complexity index is 1020. The van der Waals surface area contributed by atoms with E-state index in [1.165, 1.54) is 0 Å². The lowest BCUT2D eigenvalue weighted by Gasteiger charge is -2.34. The second-order valence-electron chi connectivity index (χ2n) is 7.73. The molecule has 1 unspecified atom stereocenters. The van der Waals surface area contributed by atoms with Crippen LogP contribution in [0.5, 0.6) is 5.75 Å². The number of hydrogen-bond acceptors (Lipinski definition) is 5. The van der Waals surface area contributed by atoms with Gasteiger partial charge in [-0.25, -0.2) is 4.79 Å². The average Bonchev–Trinajstić information content (AvgIpc) is 2.74. The Kier molecular flexibility index (Phi) is 5.70. The average molecular weight is 403 g/mol. The maximum absolute atomic E-state index is 13.1. The summed E-state index contributed by atoms with van der Waals surface area (Å²) in [6.45, 7) is 2.12. The van der Waals surface area contributed by atoms with Crippen LogP contribution >= 0.6 is 0 Å². The smallest absolute Gasteiger partial charge is 0.336 e. The van der Waals surface area contributed by atoms with Crippen molar-refractivity contribution < 1.29 is 19.4 Å². The van der Waals surface area contributed by atoms with Crippen LogP contribution in [0, 0.1) is 0 Å². The Labute approximate surface area is 176 Å². The molecule has 5 nitrogen and oxygen atoms in total. The van der Waals surface area contributed by atoms with Crippen molar-refractivity contribution in [1.82, 2.24) is 5.32 Å². The van der Waals surface area contributed by atoms with Crippen LogP contribution in [0.25, 0.3) is 0 Å². The fourth-order valence-electron chi connectivity index (χ4n) is 4.24. The van der Waals surface area contributed by atoms with Gasteiger partial charge in [0.05, 0.1) is 12.2 Å². The first-order chi connectivity index (χ1) is 14.5. The first-order valence-corrected chi connectivity index (χ1v) is 10.3. The minimum atomic E-state index is -0.487. The first kappa shape index (κ1) is 20.0. The largest absolute Gasteiger partial charge is 0.508 e. The standard InChI is InChI=1S/C25H25NO4/c1-16-22(25(29)30-15-14-17-6-3-2-4-7-17)23(18-10-12-19(27)13-11-18)24-20(26-16)8-5-9-21(24)28/h2-4,6-7,10-13,23,26-27H,5,8-9,14-15H2,1H3. The fourth-order valence-corrected chi connectivity index (χ4v) is 4.24. The van der Waals surface area contributed by atoms with Gasteiger partial charge in [-0.2, -0.15) is 0 Å². The normalized spacial score (nSPS) is 18.7. The van der Waals surface area contributed by atoms with Crippen LogP contribution in [-0.2, 0) is 20.7 Å². The topological polar surface area (TPSA) is 75.6 Å². The lowest BCUT2D eigenvalue weighted by Crippen LogP contribution is -2.34. The summed E-state index contributed by atoms with van der Waals surface area (Å²) in [4.78, 5) is 26.0. The predicted molar refractivity (Wildman–Crippen MR) is 114 cm³/mol. The van der Waals surface area contributed by atoms with Crippen LogP contribution in [0.15, 0.2) is 77.1 Å². The number of benzene rings is 2. The van der Waals surface area contributed by atoms with Crippen LogP contribution in [0.1, 0.15) is 43.2 Å². The summed E-state index contributed by atoms with van der Waals surface area (Å²) in [5.74, 6) is -0.703. The van der Waals surface area contributed by atoms with E-state index in [4.69, 9.17) is 4.74 Å². The third-order valence-corrected chi connectivity index (χ3v) is 5.69. The number of hydrogen-bond donors (Lipinski definition) is 2. The number of nitrogens with one attached hydrogen (secondary N) is 1. The molecule has 5 heteroatoms. The van der Waals surface area contributed by atoms with E-state index in [2.05, 4.69) is 5.32 Å². The number of dihydropyridines is 1. The predicted octanol–water partition coefficient (Wildman–Crippen LogP) is 4.15. The number of aromatic hydroxyl groups is 1. The third-order valence-electron chi connectivity index (χ3n) is 5.69. The molecule has 2 aromatic rings. The van der Waals surface area contributed by atoms with E-state index in [9.17, 15) is 14.7 Å². The molecule has 1 atom stereocenters. The SMILES string of the molecule is CC1=C(C(=O)OCCc2ccccc2)C(c2ccc(O)cc2)C2=C(CCCC2=O)N1. The molecule has 0 spiro atoms. The lowest BCUT2D eigenvalue weighted by molar-refractivity contribution is -0.139. The van der Waals surface area contributed by atoms with Gasteiger partial charge in [0.2, 0.25) is 0 Å². The van der Waals surface area contributed by atoms with Crippen molar-refractivity contribution in [2.24, 2.45) is 0 Å². The van der Waals surface area contributed by atoms with Gasteiger partial charge in [0.15, 0.2) is 5.78 Å². The number of carbonyl (C=O) groups is 2. The van der Waals surface area contributed by atoms with E-state index in [1.54, 1.807) is 24.3 Å². The van der Waals surface area contributed by atoms with Crippen LogP contribution in [-0.4, -0.2) is 23.5 Å². The van der Waals surface area contributed by atoms with Gasteiger partial charge in [-0.3, -0.25) is 4.79 Å². The maximum atomic E-state index is 13.1. The Morgan fingerprint density at radius 1 is 1.10 bits per heavy atom. The summed E-state index contributed by atoms with van der Waals surface area (Å²) in [6.07, 6.45) is 2.69. The second-order valence-corrected chi connectivity index (χ2v) is 7.73. The molecule has 0 aromatic heterocycles. The van der Waals surface area contributed by atoms with Crippen LogP contribution < -0.4 is 5.32 Å². The number of allylic oxidation sites excluding steroid dienone is 3. The molecule has 30 heavy (non-hydrogen) atoms. The lowest BCUT2D eigenvalue weighted by atomic mass is 9.75. The zero-order valence-corrected chi connectivity index (χ0v) is 17.0. The van der Waals surface area contributed by atoms with Crippen molar-refractivity contribution in [2.75, 3.05) is 6.61 Å². The molecular weight excluding hydrogens is 378 g/mol. The molecule has 2 aromatic carbocycles. The summed E-state index contributed by atoms with van der Waals surface area (Å²) < 4.78 is 5.63. The third kappa shape index (κ3) is 4.01. The number of Topliss-reactive ketones (excluding diaryl/α,β-unsaturated/α-hetero) is 1. The molecule has 1 aliphatic carbocycles. The van der Waals surface area contributed by atoms with Crippen LogP contribution in [0.4, 0.5) is 0 Å². The molecule has 154 valence electrons. The molecule has 0 bridgehead atoms. The van der Waals surface area contributed by atoms with Crippen LogP contribution in [0.2, 0.25) is 0 Å². The minimum absolute atomic E-state index is 0.0592. The zero-order valence-electron chi connectivity index (χ0n) is 17.0. The number of ether oxygens (including phenoxy) is 1. The van der Waals surface area contributed by atoms with Gasteiger partial charge in [0, 0.05) is 35.7 Å². The van der Waals surface area contributed by atoms with Crippen molar-refractivity contribution in [1.29, 1.82) is 0 Å². The molecule has 1 heterocycles. The maximum Gasteiger partial charge on any atom is 0.336 e. The second kappa shape index (κ2) is 8.57. The van der Waals surface area contributed by atoms with E-state index >= 15 is 0 Å². The number of carbonyl (C=O) groups excluding carboxylic acids is 2. The number of phenols is 1. The number of phenolic OH excluding ortho intramolecular Hbond substituents is 1. The van der Waals surface area contributed by atoms with E-state index in [0.717, 1.165) is 29.7 Å². The first-order valence-electron chi connectivity index (χ1n) is 10.3. The monoisotopic (exact) mass is 403 g/mol. The van der Waals surface area contributed by atoms with Crippen LogP contribution in [0.3, 0.4) is 0 Å². The molecule has 4 rings (SSSR count). The molecule has 2 N–H and O–H groups in total. The number of ketones is 1. The molecule has 0 saturated carbocycles. The summed E-state index contributed by atoms with van der Waals surface area (Å²) in [7, 11) is 0. The highest BCUT2D eigenvalue weighted by molar-refractivity contribution is 6.03. The van der Waals surface area contributed by atoms with Crippen molar-refractivity contribution in [2.45, 2.75) is 38.5 Å². The fraction of sp³-hybridized carbons (Fsp3) is 0.280. The quantitative estimate of drug-likeness (QED) is 0.734. The van der Waals surface area contributed by atoms with Gasteiger partial charge in [0.25, 0.3) is 0 Å². The molecule has 0 saturated heterocycles. The molecule has 1 aliphatic heterocycles.